The first-order chi connectivity index (χ1) is 5.69. The van der Waals surface area contributed by atoms with Crippen LogP contribution in [0.3, 0.4) is 0 Å². The van der Waals surface area contributed by atoms with Crippen LogP contribution in [0.5, 0.6) is 0 Å². The van der Waals surface area contributed by atoms with Crippen molar-refractivity contribution in [3.63, 3.8) is 0 Å². The predicted octanol–water partition coefficient (Wildman–Crippen LogP) is 3.42. The highest BCUT2D eigenvalue weighted by Crippen LogP contribution is 2.22. The lowest BCUT2D eigenvalue weighted by atomic mass is 10.1. The standard InChI is InChI=1S/C9H7BrClN/c1-6-8(5-12)2-7(4-10)3-9(6)11/h2-3H,4H2,1H3. The zero-order valence-electron chi connectivity index (χ0n) is 6.56. The van der Waals surface area contributed by atoms with Crippen molar-refractivity contribution in [1.29, 1.82) is 5.26 Å². The molecule has 0 heterocycles. The van der Waals surface area contributed by atoms with Crippen molar-refractivity contribution in [3.05, 3.63) is 33.8 Å². The van der Waals surface area contributed by atoms with Crippen molar-refractivity contribution in [2.75, 3.05) is 0 Å². The number of hydrogen-bond donors (Lipinski definition) is 0. The van der Waals surface area contributed by atoms with Crippen molar-refractivity contribution in [2.45, 2.75) is 12.3 Å². The molecule has 0 bridgehead atoms. The average molecular weight is 245 g/mol. The fourth-order valence-electron chi connectivity index (χ4n) is 0.928. The summed E-state index contributed by atoms with van der Waals surface area (Å²) in [5.41, 5.74) is 2.53. The first-order valence-electron chi connectivity index (χ1n) is 3.44. The van der Waals surface area contributed by atoms with Crippen LogP contribution in [-0.4, -0.2) is 0 Å². The Morgan fingerprint density at radius 1 is 1.58 bits per heavy atom. The van der Waals surface area contributed by atoms with Gasteiger partial charge in [0.15, 0.2) is 0 Å². The van der Waals surface area contributed by atoms with E-state index in [1.807, 2.05) is 19.1 Å². The second kappa shape index (κ2) is 3.93. The molecule has 0 aliphatic rings. The maximum Gasteiger partial charge on any atom is 0.0995 e. The second-order valence-corrected chi connectivity index (χ2v) is 3.46. The number of nitriles is 1. The van der Waals surface area contributed by atoms with E-state index < -0.39 is 0 Å². The highest BCUT2D eigenvalue weighted by molar-refractivity contribution is 9.08. The van der Waals surface area contributed by atoms with E-state index in [1.165, 1.54) is 0 Å². The molecule has 0 aliphatic carbocycles. The Hall–Kier alpha value is -0.520. The number of benzene rings is 1. The van der Waals surface area contributed by atoms with Gasteiger partial charge in [-0.15, -0.1) is 0 Å². The van der Waals surface area contributed by atoms with Crippen LogP contribution in [0, 0.1) is 18.3 Å². The average Bonchev–Trinajstić information content (AvgIpc) is 2.09. The van der Waals surface area contributed by atoms with Gasteiger partial charge in [-0.2, -0.15) is 5.26 Å². The minimum Gasteiger partial charge on any atom is -0.192 e. The van der Waals surface area contributed by atoms with Gasteiger partial charge in [-0.25, -0.2) is 0 Å². The van der Waals surface area contributed by atoms with Gasteiger partial charge in [0.25, 0.3) is 0 Å². The molecule has 0 saturated carbocycles. The third-order valence-electron chi connectivity index (χ3n) is 1.68. The molecule has 12 heavy (non-hydrogen) atoms. The largest absolute Gasteiger partial charge is 0.192 e. The summed E-state index contributed by atoms with van der Waals surface area (Å²) < 4.78 is 0. The second-order valence-electron chi connectivity index (χ2n) is 2.50. The van der Waals surface area contributed by atoms with Gasteiger partial charge in [0, 0.05) is 10.4 Å². The summed E-state index contributed by atoms with van der Waals surface area (Å²) >= 11 is 9.22. The molecule has 0 aliphatic heterocycles. The molecular formula is C9H7BrClN. The normalized spacial score (nSPS) is 9.50. The molecule has 0 amide bonds. The van der Waals surface area contributed by atoms with Gasteiger partial charge in [-0.05, 0) is 30.2 Å². The molecule has 0 aromatic heterocycles. The van der Waals surface area contributed by atoms with Gasteiger partial charge in [-0.3, -0.25) is 0 Å². The molecular weight excluding hydrogens is 237 g/mol. The lowest BCUT2D eigenvalue weighted by Gasteiger charge is -2.02. The topological polar surface area (TPSA) is 23.8 Å². The van der Waals surface area contributed by atoms with E-state index in [-0.39, 0.29) is 0 Å². The van der Waals surface area contributed by atoms with Gasteiger partial charge >= 0.3 is 0 Å². The van der Waals surface area contributed by atoms with Crippen LogP contribution in [0.4, 0.5) is 0 Å². The molecule has 0 fully saturated rings. The number of rotatable bonds is 1. The summed E-state index contributed by atoms with van der Waals surface area (Å²) in [6.07, 6.45) is 0. The lowest BCUT2D eigenvalue weighted by Crippen LogP contribution is -1.87. The van der Waals surface area contributed by atoms with Crippen molar-refractivity contribution in [1.82, 2.24) is 0 Å². The van der Waals surface area contributed by atoms with E-state index in [9.17, 15) is 0 Å². The first kappa shape index (κ1) is 9.57. The minimum atomic E-state index is 0.650. The summed E-state index contributed by atoms with van der Waals surface area (Å²) in [7, 11) is 0. The van der Waals surface area contributed by atoms with Crippen LogP contribution >= 0.6 is 27.5 Å². The quantitative estimate of drug-likeness (QED) is 0.695. The molecule has 0 N–H and O–H groups in total. The third-order valence-corrected chi connectivity index (χ3v) is 2.72. The molecule has 62 valence electrons. The van der Waals surface area contributed by atoms with E-state index in [0.717, 1.165) is 16.5 Å². The molecule has 1 aromatic carbocycles. The summed E-state index contributed by atoms with van der Waals surface area (Å²) in [6.45, 7) is 1.85. The first-order valence-corrected chi connectivity index (χ1v) is 4.94. The van der Waals surface area contributed by atoms with Crippen molar-refractivity contribution >= 4 is 27.5 Å². The molecule has 1 rings (SSSR count). The monoisotopic (exact) mass is 243 g/mol. The molecule has 0 saturated heterocycles. The molecule has 1 nitrogen and oxygen atoms in total. The summed E-state index contributed by atoms with van der Waals surface area (Å²) in [6, 6.07) is 5.82. The van der Waals surface area contributed by atoms with Crippen LogP contribution in [0.15, 0.2) is 12.1 Å². The van der Waals surface area contributed by atoms with E-state index in [2.05, 4.69) is 22.0 Å². The van der Waals surface area contributed by atoms with Crippen molar-refractivity contribution < 1.29 is 0 Å². The van der Waals surface area contributed by atoms with Crippen LogP contribution in [-0.2, 0) is 5.33 Å². The van der Waals surface area contributed by atoms with Gasteiger partial charge in [0.1, 0.15) is 0 Å². The van der Waals surface area contributed by atoms with Gasteiger partial charge in [-0.1, -0.05) is 27.5 Å². The minimum absolute atomic E-state index is 0.650. The summed E-state index contributed by atoms with van der Waals surface area (Å²) in [4.78, 5) is 0. The van der Waals surface area contributed by atoms with Crippen LogP contribution in [0.1, 0.15) is 16.7 Å². The number of alkyl halides is 1. The molecule has 1 aromatic rings. The maximum atomic E-state index is 8.74. The highest BCUT2D eigenvalue weighted by atomic mass is 79.9. The smallest absolute Gasteiger partial charge is 0.0995 e. The molecule has 3 heteroatoms. The number of halogens is 2. The summed E-state index contributed by atoms with van der Waals surface area (Å²) in [5, 5.41) is 10.1. The Morgan fingerprint density at radius 2 is 2.25 bits per heavy atom. The molecule has 0 atom stereocenters. The zero-order chi connectivity index (χ0) is 9.14. The molecule has 0 spiro atoms. The highest BCUT2D eigenvalue weighted by Gasteiger charge is 2.03. The molecule has 0 radical (unpaired) electrons. The van der Waals surface area contributed by atoms with Gasteiger partial charge in [0.05, 0.1) is 11.6 Å². The lowest BCUT2D eigenvalue weighted by molar-refractivity contribution is 1.33. The van der Waals surface area contributed by atoms with E-state index in [4.69, 9.17) is 16.9 Å². The Morgan fingerprint density at radius 3 is 2.75 bits per heavy atom. The van der Waals surface area contributed by atoms with Crippen molar-refractivity contribution in [2.24, 2.45) is 0 Å². The number of hydrogen-bond acceptors (Lipinski definition) is 1. The van der Waals surface area contributed by atoms with Crippen LogP contribution < -0.4 is 0 Å². The van der Waals surface area contributed by atoms with Gasteiger partial charge < -0.3 is 0 Å². The third kappa shape index (κ3) is 1.80. The van der Waals surface area contributed by atoms with E-state index >= 15 is 0 Å². The fourth-order valence-corrected chi connectivity index (χ4v) is 1.49. The maximum absolute atomic E-state index is 8.74. The fraction of sp³-hybridized carbons (Fsp3) is 0.222. The SMILES string of the molecule is Cc1c(Cl)cc(CBr)cc1C#N. The Labute approximate surface area is 85.1 Å². The summed E-state index contributed by atoms with van der Waals surface area (Å²) in [5.74, 6) is 0. The van der Waals surface area contributed by atoms with Crippen molar-refractivity contribution in [3.8, 4) is 6.07 Å². The van der Waals surface area contributed by atoms with Crippen LogP contribution in [0.25, 0.3) is 0 Å². The zero-order valence-corrected chi connectivity index (χ0v) is 8.91. The molecule has 0 unspecified atom stereocenters. The Balaban J connectivity index is 3.31. The predicted molar refractivity (Wildman–Crippen MR) is 53.5 cm³/mol. The van der Waals surface area contributed by atoms with E-state index in [1.54, 1.807) is 0 Å². The number of nitrogens with zero attached hydrogens (tertiary/aromatic N) is 1. The van der Waals surface area contributed by atoms with Gasteiger partial charge in [0.2, 0.25) is 0 Å². The Bertz CT molecular complexity index is 341. The van der Waals surface area contributed by atoms with Crippen LogP contribution in [0.2, 0.25) is 5.02 Å². The van der Waals surface area contributed by atoms with E-state index in [0.29, 0.717) is 10.6 Å². The Kier molecular flexibility index (Phi) is 3.13.